The zero-order valence-corrected chi connectivity index (χ0v) is 13.9. The van der Waals surface area contributed by atoms with Crippen LogP contribution in [0.4, 0.5) is 5.82 Å². The normalized spacial score (nSPS) is 10.3. The Labute approximate surface area is 145 Å². The number of ether oxygens (including phenoxy) is 2. The van der Waals surface area contributed by atoms with Gasteiger partial charge in [0.1, 0.15) is 5.82 Å². The van der Waals surface area contributed by atoms with E-state index in [4.69, 9.17) is 9.47 Å². The van der Waals surface area contributed by atoms with Gasteiger partial charge in [0.25, 0.3) is 0 Å². The van der Waals surface area contributed by atoms with Crippen LogP contribution >= 0.6 is 0 Å². The van der Waals surface area contributed by atoms with Crippen LogP contribution in [-0.4, -0.2) is 35.3 Å². The van der Waals surface area contributed by atoms with Crippen LogP contribution in [0.3, 0.4) is 0 Å². The zero-order chi connectivity index (χ0) is 17.6. The number of H-pyrrole nitrogens is 1. The molecule has 1 aromatic carbocycles. The summed E-state index contributed by atoms with van der Waals surface area (Å²) in [6.45, 7) is 0. The molecule has 3 rings (SSSR count). The second-order valence-electron chi connectivity index (χ2n) is 5.32. The molecule has 2 N–H and O–H groups in total. The molecule has 0 radical (unpaired) electrons. The number of nitrogens with zero attached hydrogens (tertiary/aromatic N) is 2. The highest BCUT2D eigenvalue weighted by molar-refractivity contribution is 5.92. The first-order valence-corrected chi connectivity index (χ1v) is 7.66. The van der Waals surface area contributed by atoms with Crippen LogP contribution in [0.25, 0.3) is 11.3 Å². The van der Waals surface area contributed by atoms with Gasteiger partial charge in [0.2, 0.25) is 5.91 Å². The maximum Gasteiger partial charge on any atom is 0.229 e. The average Bonchev–Trinajstić information content (AvgIpc) is 3.10. The summed E-state index contributed by atoms with van der Waals surface area (Å²) in [5.41, 5.74) is 2.49. The predicted octanol–water partition coefficient (Wildman–Crippen LogP) is 2.67. The van der Waals surface area contributed by atoms with Gasteiger partial charge in [0.15, 0.2) is 11.5 Å². The molecule has 0 atom stereocenters. The van der Waals surface area contributed by atoms with E-state index in [2.05, 4.69) is 20.5 Å². The minimum Gasteiger partial charge on any atom is -0.493 e. The van der Waals surface area contributed by atoms with Crippen LogP contribution in [0, 0.1) is 0 Å². The lowest BCUT2D eigenvalue weighted by molar-refractivity contribution is -0.115. The zero-order valence-electron chi connectivity index (χ0n) is 13.9. The summed E-state index contributed by atoms with van der Waals surface area (Å²) in [7, 11) is 3.13. The molecule has 0 unspecified atom stereocenters. The molecule has 0 saturated carbocycles. The van der Waals surface area contributed by atoms with Gasteiger partial charge >= 0.3 is 0 Å². The summed E-state index contributed by atoms with van der Waals surface area (Å²) in [6.07, 6.45) is 3.60. The van der Waals surface area contributed by atoms with Crippen LogP contribution in [0.2, 0.25) is 0 Å². The second-order valence-corrected chi connectivity index (χ2v) is 5.32. The van der Waals surface area contributed by atoms with E-state index in [9.17, 15) is 4.79 Å². The largest absolute Gasteiger partial charge is 0.493 e. The van der Waals surface area contributed by atoms with E-state index in [0.717, 1.165) is 16.8 Å². The quantitative estimate of drug-likeness (QED) is 0.721. The molecule has 7 nitrogen and oxygen atoms in total. The molecular weight excluding hydrogens is 320 g/mol. The van der Waals surface area contributed by atoms with Crippen molar-refractivity contribution in [3.8, 4) is 22.8 Å². The first-order chi connectivity index (χ1) is 12.2. The standard InChI is InChI=1S/C18H18N4O3/c1-24-15-4-3-12(9-16(15)25-2)10-18(23)20-17-11-14(21-22-17)13-5-7-19-8-6-13/h3-9,11H,10H2,1-2H3,(H2,20,21,22,23). The van der Waals surface area contributed by atoms with Gasteiger partial charge in [-0.15, -0.1) is 0 Å². The molecule has 0 aliphatic rings. The number of carbonyl (C=O) groups excluding carboxylic acids is 1. The number of hydrogen-bond donors (Lipinski definition) is 2. The molecule has 0 fully saturated rings. The number of hydrogen-bond acceptors (Lipinski definition) is 5. The minimum absolute atomic E-state index is 0.155. The average molecular weight is 338 g/mol. The van der Waals surface area contributed by atoms with Crippen molar-refractivity contribution < 1.29 is 14.3 Å². The fraction of sp³-hybridized carbons (Fsp3) is 0.167. The molecule has 0 saturated heterocycles. The third kappa shape index (κ3) is 3.95. The molecule has 0 spiro atoms. The van der Waals surface area contributed by atoms with E-state index in [1.807, 2.05) is 18.2 Å². The summed E-state index contributed by atoms with van der Waals surface area (Å²) < 4.78 is 10.4. The maximum absolute atomic E-state index is 12.2. The SMILES string of the molecule is COc1ccc(CC(=O)Nc2cc(-c3ccncc3)n[nH]2)cc1OC. The van der Waals surface area contributed by atoms with Crippen molar-refractivity contribution in [1.82, 2.24) is 15.2 Å². The Balaban J connectivity index is 1.66. The molecule has 25 heavy (non-hydrogen) atoms. The number of nitrogens with one attached hydrogen (secondary N) is 2. The number of benzene rings is 1. The van der Waals surface area contributed by atoms with Crippen molar-refractivity contribution in [3.05, 3.63) is 54.4 Å². The smallest absolute Gasteiger partial charge is 0.229 e. The first-order valence-electron chi connectivity index (χ1n) is 7.66. The van der Waals surface area contributed by atoms with Gasteiger partial charge in [-0.25, -0.2) is 0 Å². The third-order valence-corrected chi connectivity index (χ3v) is 3.64. The van der Waals surface area contributed by atoms with Crippen LogP contribution in [-0.2, 0) is 11.2 Å². The number of methoxy groups -OCH3 is 2. The van der Waals surface area contributed by atoms with Gasteiger partial charge < -0.3 is 14.8 Å². The molecule has 0 aliphatic carbocycles. The number of anilines is 1. The Morgan fingerprint density at radius 2 is 1.84 bits per heavy atom. The van der Waals surface area contributed by atoms with E-state index >= 15 is 0 Å². The molecular formula is C18H18N4O3. The number of pyridine rings is 1. The third-order valence-electron chi connectivity index (χ3n) is 3.64. The molecule has 7 heteroatoms. The van der Waals surface area contributed by atoms with Crippen molar-refractivity contribution >= 4 is 11.7 Å². The molecule has 2 heterocycles. The van der Waals surface area contributed by atoms with Crippen LogP contribution < -0.4 is 14.8 Å². The molecule has 1 amide bonds. The van der Waals surface area contributed by atoms with E-state index < -0.39 is 0 Å². The van der Waals surface area contributed by atoms with Crippen molar-refractivity contribution in [1.29, 1.82) is 0 Å². The Morgan fingerprint density at radius 1 is 1.08 bits per heavy atom. The lowest BCUT2D eigenvalue weighted by Crippen LogP contribution is -2.14. The summed E-state index contributed by atoms with van der Waals surface area (Å²) in [5, 5.41) is 9.81. The Bertz CT molecular complexity index is 862. The lowest BCUT2D eigenvalue weighted by atomic mass is 10.1. The van der Waals surface area contributed by atoms with Crippen molar-refractivity contribution in [3.63, 3.8) is 0 Å². The van der Waals surface area contributed by atoms with Crippen LogP contribution in [0.15, 0.2) is 48.8 Å². The summed E-state index contributed by atoms with van der Waals surface area (Å²) >= 11 is 0. The lowest BCUT2D eigenvalue weighted by Gasteiger charge is -2.09. The highest BCUT2D eigenvalue weighted by Crippen LogP contribution is 2.27. The van der Waals surface area contributed by atoms with Crippen LogP contribution in [0.5, 0.6) is 11.5 Å². The van der Waals surface area contributed by atoms with Gasteiger partial charge in [-0.05, 0) is 29.8 Å². The number of rotatable bonds is 6. The molecule has 0 aliphatic heterocycles. The van der Waals surface area contributed by atoms with E-state index in [0.29, 0.717) is 17.3 Å². The molecule has 3 aromatic rings. The molecule has 128 valence electrons. The Kier molecular flexibility index (Phi) is 4.94. The van der Waals surface area contributed by atoms with E-state index in [-0.39, 0.29) is 12.3 Å². The van der Waals surface area contributed by atoms with Crippen molar-refractivity contribution in [2.45, 2.75) is 6.42 Å². The van der Waals surface area contributed by atoms with Gasteiger partial charge in [-0.1, -0.05) is 6.07 Å². The predicted molar refractivity (Wildman–Crippen MR) is 93.7 cm³/mol. The molecule has 0 bridgehead atoms. The number of aromatic nitrogens is 3. The fourth-order valence-electron chi connectivity index (χ4n) is 2.43. The number of amides is 1. The summed E-state index contributed by atoms with van der Waals surface area (Å²) in [4.78, 5) is 16.2. The summed E-state index contributed by atoms with van der Waals surface area (Å²) in [5.74, 6) is 1.60. The van der Waals surface area contributed by atoms with Crippen LogP contribution in [0.1, 0.15) is 5.56 Å². The van der Waals surface area contributed by atoms with E-state index in [1.54, 1.807) is 44.8 Å². The maximum atomic E-state index is 12.2. The van der Waals surface area contributed by atoms with Gasteiger partial charge in [0, 0.05) is 24.0 Å². The van der Waals surface area contributed by atoms with E-state index in [1.165, 1.54) is 0 Å². The Morgan fingerprint density at radius 3 is 2.56 bits per heavy atom. The van der Waals surface area contributed by atoms with Gasteiger partial charge in [0.05, 0.1) is 26.3 Å². The van der Waals surface area contributed by atoms with Crippen molar-refractivity contribution in [2.75, 3.05) is 19.5 Å². The number of carbonyl (C=O) groups is 1. The van der Waals surface area contributed by atoms with Gasteiger partial charge in [-0.2, -0.15) is 5.10 Å². The number of aromatic amines is 1. The van der Waals surface area contributed by atoms with Gasteiger partial charge in [-0.3, -0.25) is 14.9 Å². The monoisotopic (exact) mass is 338 g/mol. The minimum atomic E-state index is -0.155. The fourth-order valence-corrected chi connectivity index (χ4v) is 2.43. The topological polar surface area (TPSA) is 89.1 Å². The van der Waals surface area contributed by atoms with Crippen molar-refractivity contribution in [2.24, 2.45) is 0 Å². The highest BCUT2D eigenvalue weighted by atomic mass is 16.5. The first kappa shape index (κ1) is 16.5. The molecule has 2 aromatic heterocycles. The summed E-state index contributed by atoms with van der Waals surface area (Å²) in [6, 6.07) is 10.9. The Hall–Kier alpha value is -3.35. The highest BCUT2D eigenvalue weighted by Gasteiger charge is 2.10. The second kappa shape index (κ2) is 7.48.